The molecule has 1 aliphatic rings. The summed E-state index contributed by atoms with van der Waals surface area (Å²) >= 11 is 0. The molecule has 4 heteroatoms. The van der Waals surface area contributed by atoms with E-state index in [1.807, 2.05) is 12.1 Å². The fourth-order valence-corrected chi connectivity index (χ4v) is 1.99. The molecule has 1 aliphatic heterocycles. The fraction of sp³-hybridized carbons (Fsp3) is 0.500. The number of hydrogen-bond donors (Lipinski definition) is 1. The van der Waals surface area contributed by atoms with E-state index in [0.29, 0.717) is 19.8 Å². The fourth-order valence-electron chi connectivity index (χ4n) is 1.99. The third-order valence-corrected chi connectivity index (χ3v) is 3.37. The zero-order chi connectivity index (χ0) is 13.0. The van der Waals surface area contributed by atoms with Crippen LogP contribution in [0.15, 0.2) is 24.3 Å². The Kier molecular flexibility index (Phi) is 3.87. The molecule has 1 aromatic rings. The highest BCUT2D eigenvalue weighted by Gasteiger charge is 2.47. The van der Waals surface area contributed by atoms with Crippen molar-refractivity contribution >= 4 is 11.7 Å². The van der Waals surface area contributed by atoms with E-state index in [9.17, 15) is 4.79 Å². The van der Waals surface area contributed by atoms with Gasteiger partial charge in [-0.3, -0.25) is 4.79 Å². The van der Waals surface area contributed by atoms with Gasteiger partial charge in [-0.25, -0.2) is 0 Å². The molecule has 0 spiro atoms. The van der Waals surface area contributed by atoms with Gasteiger partial charge in [-0.05, 0) is 24.1 Å². The third-order valence-electron chi connectivity index (χ3n) is 3.37. The minimum Gasteiger partial charge on any atom is -0.468 e. The van der Waals surface area contributed by atoms with Crippen LogP contribution >= 0.6 is 0 Å². The maximum absolute atomic E-state index is 11.7. The van der Waals surface area contributed by atoms with E-state index in [1.54, 1.807) is 0 Å². The average Bonchev–Trinajstić information content (AvgIpc) is 2.37. The summed E-state index contributed by atoms with van der Waals surface area (Å²) in [4.78, 5) is 11.7. The molecular weight excluding hydrogens is 230 g/mol. The zero-order valence-corrected chi connectivity index (χ0v) is 10.9. The Hall–Kier alpha value is -1.55. The van der Waals surface area contributed by atoms with Crippen molar-refractivity contribution in [3.8, 4) is 0 Å². The third kappa shape index (κ3) is 2.48. The number of anilines is 1. The summed E-state index contributed by atoms with van der Waals surface area (Å²) in [5.41, 5.74) is 1.80. The van der Waals surface area contributed by atoms with Crippen molar-refractivity contribution in [3.05, 3.63) is 29.8 Å². The zero-order valence-electron chi connectivity index (χ0n) is 10.9. The standard InChI is InChI=1S/C14H19NO3/c1-3-11-4-6-12(7-5-11)15-8-14(9-18-10-14)13(16)17-2/h4-7,15H,3,8-10H2,1-2H3. The Bertz CT molecular complexity index is 410. The Morgan fingerprint density at radius 3 is 2.50 bits per heavy atom. The van der Waals surface area contributed by atoms with E-state index < -0.39 is 5.41 Å². The number of rotatable bonds is 5. The lowest BCUT2D eigenvalue weighted by molar-refractivity contribution is -0.180. The van der Waals surface area contributed by atoms with Crippen molar-refractivity contribution < 1.29 is 14.3 Å². The van der Waals surface area contributed by atoms with Crippen molar-refractivity contribution in [2.24, 2.45) is 5.41 Å². The van der Waals surface area contributed by atoms with Crippen molar-refractivity contribution in [1.29, 1.82) is 0 Å². The van der Waals surface area contributed by atoms with Crippen LogP contribution in [0.3, 0.4) is 0 Å². The predicted octanol–water partition coefficient (Wildman–Crippen LogP) is 1.85. The van der Waals surface area contributed by atoms with Crippen LogP contribution in [-0.2, 0) is 20.7 Å². The molecule has 0 aliphatic carbocycles. The van der Waals surface area contributed by atoms with Gasteiger partial charge < -0.3 is 14.8 Å². The van der Waals surface area contributed by atoms with Gasteiger partial charge in [0.2, 0.25) is 0 Å². The number of ether oxygens (including phenoxy) is 2. The first-order valence-corrected chi connectivity index (χ1v) is 6.19. The highest BCUT2D eigenvalue weighted by Crippen LogP contribution is 2.29. The minimum absolute atomic E-state index is 0.202. The van der Waals surface area contributed by atoms with Gasteiger partial charge in [0.1, 0.15) is 5.41 Å². The summed E-state index contributed by atoms with van der Waals surface area (Å²) in [6.45, 7) is 3.53. The molecule has 1 saturated heterocycles. The molecule has 0 amide bonds. The lowest BCUT2D eigenvalue weighted by Crippen LogP contribution is -2.54. The Morgan fingerprint density at radius 2 is 2.06 bits per heavy atom. The second-order valence-corrected chi connectivity index (χ2v) is 4.67. The summed E-state index contributed by atoms with van der Waals surface area (Å²) in [6.07, 6.45) is 1.03. The number of hydrogen-bond acceptors (Lipinski definition) is 4. The molecule has 0 saturated carbocycles. The van der Waals surface area contributed by atoms with E-state index in [2.05, 4.69) is 24.4 Å². The molecular formula is C14H19NO3. The maximum atomic E-state index is 11.7. The number of aryl methyl sites for hydroxylation is 1. The smallest absolute Gasteiger partial charge is 0.318 e. The van der Waals surface area contributed by atoms with E-state index in [1.165, 1.54) is 12.7 Å². The van der Waals surface area contributed by atoms with E-state index >= 15 is 0 Å². The number of benzene rings is 1. The number of nitrogens with one attached hydrogen (secondary N) is 1. The van der Waals surface area contributed by atoms with Gasteiger partial charge in [-0.1, -0.05) is 19.1 Å². The summed E-state index contributed by atoms with van der Waals surface area (Å²) in [7, 11) is 1.42. The first kappa shape index (κ1) is 12.9. The van der Waals surface area contributed by atoms with Gasteiger partial charge in [-0.15, -0.1) is 0 Å². The average molecular weight is 249 g/mol. The molecule has 18 heavy (non-hydrogen) atoms. The summed E-state index contributed by atoms with van der Waals surface area (Å²) in [5.74, 6) is -0.202. The molecule has 2 rings (SSSR count). The monoisotopic (exact) mass is 249 g/mol. The van der Waals surface area contributed by atoms with Crippen LogP contribution in [0.1, 0.15) is 12.5 Å². The Balaban J connectivity index is 1.95. The van der Waals surface area contributed by atoms with Crippen LogP contribution in [0.2, 0.25) is 0 Å². The van der Waals surface area contributed by atoms with E-state index in [4.69, 9.17) is 9.47 Å². The molecule has 1 aromatic carbocycles. The number of methoxy groups -OCH3 is 1. The lowest BCUT2D eigenvalue weighted by atomic mass is 9.86. The number of carbonyl (C=O) groups is 1. The molecule has 0 atom stereocenters. The first-order valence-electron chi connectivity index (χ1n) is 6.19. The molecule has 0 radical (unpaired) electrons. The van der Waals surface area contributed by atoms with Crippen molar-refractivity contribution in [2.75, 3.05) is 32.2 Å². The summed E-state index contributed by atoms with van der Waals surface area (Å²) in [6, 6.07) is 8.24. The van der Waals surface area contributed by atoms with Crippen LogP contribution in [-0.4, -0.2) is 32.8 Å². The molecule has 0 bridgehead atoms. The SMILES string of the molecule is CCc1ccc(NCC2(C(=O)OC)COC2)cc1. The Morgan fingerprint density at radius 1 is 1.39 bits per heavy atom. The highest BCUT2D eigenvalue weighted by molar-refractivity contribution is 5.78. The van der Waals surface area contributed by atoms with Crippen LogP contribution in [0.25, 0.3) is 0 Å². The molecule has 1 fully saturated rings. The maximum Gasteiger partial charge on any atom is 0.318 e. The van der Waals surface area contributed by atoms with E-state index in [0.717, 1.165) is 12.1 Å². The quantitative estimate of drug-likeness (QED) is 0.809. The largest absolute Gasteiger partial charge is 0.468 e. The van der Waals surface area contributed by atoms with Gasteiger partial charge >= 0.3 is 5.97 Å². The predicted molar refractivity (Wildman–Crippen MR) is 69.6 cm³/mol. The van der Waals surface area contributed by atoms with Gasteiger partial charge in [0.05, 0.1) is 20.3 Å². The first-order chi connectivity index (χ1) is 8.70. The van der Waals surface area contributed by atoms with Crippen LogP contribution in [0.4, 0.5) is 5.69 Å². The highest BCUT2D eigenvalue weighted by atomic mass is 16.5. The minimum atomic E-state index is -0.516. The number of carbonyl (C=O) groups excluding carboxylic acids is 1. The van der Waals surface area contributed by atoms with Crippen molar-refractivity contribution in [1.82, 2.24) is 0 Å². The summed E-state index contributed by atoms with van der Waals surface area (Å²) in [5, 5.41) is 3.27. The van der Waals surface area contributed by atoms with Gasteiger partial charge in [0.25, 0.3) is 0 Å². The molecule has 1 heterocycles. The Labute approximate surface area is 107 Å². The van der Waals surface area contributed by atoms with Gasteiger partial charge in [0, 0.05) is 12.2 Å². The van der Waals surface area contributed by atoms with Crippen molar-refractivity contribution in [3.63, 3.8) is 0 Å². The normalized spacial score (nSPS) is 16.8. The van der Waals surface area contributed by atoms with E-state index in [-0.39, 0.29) is 5.97 Å². The molecule has 4 nitrogen and oxygen atoms in total. The van der Waals surface area contributed by atoms with Gasteiger partial charge in [-0.2, -0.15) is 0 Å². The summed E-state index contributed by atoms with van der Waals surface area (Å²) < 4.78 is 9.97. The molecule has 1 N–H and O–H groups in total. The van der Waals surface area contributed by atoms with Crippen LogP contribution < -0.4 is 5.32 Å². The lowest BCUT2D eigenvalue weighted by Gasteiger charge is -2.38. The molecule has 0 aromatic heterocycles. The van der Waals surface area contributed by atoms with Gasteiger partial charge in [0.15, 0.2) is 0 Å². The second kappa shape index (κ2) is 5.40. The van der Waals surface area contributed by atoms with Crippen LogP contribution in [0, 0.1) is 5.41 Å². The van der Waals surface area contributed by atoms with Crippen molar-refractivity contribution in [2.45, 2.75) is 13.3 Å². The molecule has 0 unspecified atom stereocenters. The topological polar surface area (TPSA) is 47.6 Å². The number of esters is 1. The van der Waals surface area contributed by atoms with Crippen LogP contribution in [0.5, 0.6) is 0 Å². The second-order valence-electron chi connectivity index (χ2n) is 4.67. The molecule has 98 valence electrons.